The number of nitrogens with zero attached hydrogens (tertiary/aromatic N) is 2. The van der Waals surface area contributed by atoms with E-state index in [1.807, 2.05) is 6.92 Å². The molecule has 0 saturated carbocycles. The van der Waals surface area contributed by atoms with Crippen LogP contribution < -0.4 is 10.6 Å². The Hall–Kier alpha value is -2.71. The number of halogens is 2. The molecule has 1 fully saturated rings. The van der Waals surface area contributed by atoms with Crippen molar-refractivity contribution in [2.75, 3.05) is 39.3 Å². The minimum Gasteiger partial charge on any atom is -0.352 e. The smallest absolute Gasteiger partial charge is 0.317 e. The van der Waals surface area contributed by atoms with Crippen LogP contribution in [0.5, 0.6) is 0 Å². The van der Waals surface area contributed by atoms with Crippen molar-refractivity contribution in [2.24, 2.45) is 0 Å². The SMILES string of the molecule is CCNC(=O)N1CCN(C(=O)CCCNC(=O)c2ccc(F)cc2F)CC1. The van der Waals surface area contributed by atoms with Crippen molar-refractivity contribution in [3.8, 4) is 0 Å². The van der Waals surface area contributed by atoms with E-state index in [2.05, 4.69) is 10.6 Å². The van der Waals surface area contributed by atoms with Gasteiger partial charge >= 0.3 is 6.03 Å². The fourth-order valence-corrected chi connectivity index (χ4v) is 2.79. The molecule has 1 saturated heterocycles. The third-order valence-corrected chi connectivity index (χ3v) is 4.28. The van der Waals surface area contributed by atoms with E-state index in [1.54, 1.807) is 9.80 Å². The zero-order valence-electron chi connectivity index (χ0n) is 15.3. The summed E-state index contributed by atoms with van der Waals surface area (Å²) in [5.74, 6) is -2.36. The first-order valence-electron chi connectivity index (χ1n) is 8.96. The first-order valence-corrected chi connectivity index (χ1v) is 8.96. The Morgan fingerprint density at radius 2 is 1.70 bits per heavy atom. The van der Waals surface area contributed by atoms with E-state index in [4.69, 9.17) is 0 Å². The summed E-state index contributed by atoms with van der Waals surface area (Å²) in [6.45, 7) is 4.54. The quantitative estimate of drug-likeness (QED) is 0.729. The highest BCUT2D eigenvalue weighted by Crippen LogP contribution is 2.09. The summed E-state index contributed by atoms with van der Waals surface area (Å²) in [5.41, 5.74) is -0.232. The molecule has 27 heavy (non-hydrogen) atoms. The van der Waals surface area contributed by atoms with Crippen LogP contribution >= 0.6 is 0 Å². The number of hydrogen-bond acceptors (Lipinski definition) is 3. The molecule has 148 valence electrons. The van der Waals surface area contributed by atoms with Gasteiger partial charge in [-0.05, 0) is 25.5 Å². The Morgan fingerprint density at radius 3 is 2.33 bits per heavy atom. The van der Waals surface area contributed by atoms with Crippen molar-refractivity contribution >= 4 is 17.8 Å². The molecular weight excluding hydrogens is 358 g/mol. The molecule has 4 amide bonds. The second-order valence-electron chi connectivity index (χ2n) is 6.19. The normalized spacial score (nSPS) is 14.0. The standard InChI is InChI=1S/C18H24F2N4O3/c1-2-21-18(27)24-10-8-23(9-11-24)16(25)4-3-7-22-17(26)14-6-5-13(19)12-15(14)20/h5-6,12H,2-4,7-11H2,1H3,(H,21,27)(H,22,26). The topological polar surface area (TPSA) is 81.8 Å². The first kappa shape index (κ1) is 20.6. The van der Waals surface area contributed by atoms with Gasteiger partial charge in [0.05, 0.1) is 5.56 Å². The lowest BCUT2D eigenvalue weighted by molar-refractivity contribution is -0.132. The van der Waals surface area contributed by atoms with Crippen LogP contribution in [0.4, 0.5) is 13.6 Å². The Labute approximate surface area is 156 Å². The van der Waals surface area contributed by atoms with Gasteiger partial charge in [-0.2, -0.15) is 0 Å². The van der Waals surface area contributed by atoms with Crippen molar-refractivity contribution in [1.29, 1.82) is 0 Å². The van der Waals surface area contributed by atoms with E-state index in [9.17, 15) is 23.2 Å². The highest BCUT2D eigenvalue weighted by molar-refractivity contribution is 5.94. The van der Waals surface area contributed by atoms with Gasteiger partial charge in [0.25, 0.3) is 5.91 Å². The van der Waals surface area contributed by atoms with Crippen LogP contribution in [-0.4, -0.2) is 66.9 Å². The zero-order chi connectivity index (χ0) is 19.8. The maximum atomic E-state index is 13.5. The number of piperazine rings is 1. The first-order chi connectivity index (χ1) is 12.9. The molecule has 0 atom stereocenters. The van der Waals surface area contributed by atoms with Crippen molar-refractivity contribution in [3.63, 3.8) is 0 Å². The lowest BCUT2D eigenvalue weighted by Crippen LogP contribution is -2.53. The number of urea groups is 1. The van der Waals surface area contributed by atoms with Gasteiger partial charge in [0.15, 0.2) is 0 Å². The van der Waals surface area contributed by atoms with Gasteiger partial charge in [-0.1, -0.05) is 0 Å². The van der Waals surface area contributed by atoms with Crippen LogP contribution in [0.1, 0.15) is 30.1 Å². The van der Waals surface area contributed by atoms with Crippen LogP contribution in [0.25, 0.3) is 0 Å². The highest BCUT2D eigenvalue weighted by Gasteiger charge is 2.23. The molecule has 1 aromatic carbocycles. The minimum atomic E-state index is -0.923. The summed E-state index contributed by atoms with van der Waals surface area (Å²) < 4.78 is 26.4. The molecule has 1 aromatic rings. The van der Waals surface area contributed by atoms with Crippen LogP contribution in [-0.2, 0) is 4.79 Å². The summed E-state index contributed by atoms with van der Waals surface area (Å²) in [7, 11) is 0. The summed E-state index contributed by atoms with van der Waals surface area (Å²) in [6.07, 6.45) is 0.650. The van der Waals surface area contributed by atoms with E-state index in [-0.39, 0.29) is 30.5 Å². The van der Waals surface area contributed by atoms with Crippen LogP contribution in [0.3, 0.4) is 0 Å². The average Bonchev–Trinajstić information content (AvgIpc) is 2.65. The molecule has 2 rings (SSSR count). The average molecular weight is 382 g/mol. The number of amides is 4. The zero-order valence-corrected chi connectivity index (χ0v) is 15.3. The fraction of sp³-hybridized carbons (Fsp3) is 0.500. The van der Waals surface area contributed by atoms with E-state index in [0.717, 1.165) is 12.1 Å². The van der Waals surface area contributed by atoms with Crippen LogP contribution in [0.2, 0.25) is 0 Å². The highest BCUT2D eigenvalue weighted by atomic mass is 19.1. The van der Waals surface area contributed by atoms with Gasteiger partial charge in [0, 0.05) is 51.8 Å². The second kappa shape index (κ2) is 9.84. The Morgan fingerprint density at radius 1 is 1.04 bits per heavy atom. The molecular formula is C18H24F2N4O3. The number of carbonyl (C=O) groups excluding carboxylic acids is 3. The minimum absolute atomic E-state index is 0.0484. The van der Waals surface area contributed by atoms with E-state index >= 15 is 0 Å². The van der Waals surface area contributed by atoms with Crippen LogP contribution in [0, 0.1) is 11.6 Å². The number of benzene rings is 1. The number of hydrogen-bond donors (Lipinski definition) is 2. The molecule has 0 unspecified atom stereocenters. The molecule has 0 aliphatic carbocycles. The van der Waals surface area contributed by atoms with Gasteiger partial charge in [0.2, 0.25) is 5.91 Å². The van der Waals surface area contributed by atoms with Gasteiger partial charge in [-0.15, -0.1) is 0 Å². The molecule has 0 aromatic heterocycles. The number of carbonyl (C=O) groups is 3. The van der Waals surface area contributed by atoms with Crippen molar-refractivity contribution in [3.05, 3.63) is 35.4 Å². The molecule has 1 aliphatic rings. The van der Waals surface area contributed by atoms with Crippen molar-refractivity contribution in [2.45, 2.75) is 19.8 Å². The van der Waals surface area contributed by atoms with Gasteiger partial charge in [-0.25, -0.2) is 13.6 Å². The largest absolute Gasteiger partial charge is 0.352 e. The predicted octanol–water partition coefficient (Wildman–Crippen LogP) is 1.35. The Bertz CT molecular complexity index is 691. The van der Waals surface area contributed by atoms with Gasteiger partial charge < -0.3 is 20.4 Å². The molecule has 7 nitrogen and oxygen atoms in total. The third-order valence-electron chi connectivity index (χ3n) is 4.28. The monoisotopic (exact) mass is 382 g/mol. The number of rotatable bonds is 6. The second-order valence-corrected chi connectivity index (χ2v) is 6.19. The summed E-state index contributed by atoms with van der Waals surface area (Å²) >= 11 is 0. The molecule has 0 spiro atoms. The molecule has 0 radical (unpaired) electrons. The molecule has 1 aliphatic heterocycles. The Balaban J connectivity index is 1.68. The predicted molar refractivity (Wildman–Crippen MR) is 95.2 cm³/mol. The van der Waals surface area contributed by atoms with E-state index in [0.29, 0.717) is 45.2 Å². The fourth-order valence-electron chi connectivity index (χ4n) is 2.79. The maximum absolute atomic E-state index is 13.5. The van der Waals surface area contributed by atoms with Gasteiger partial charge in [-0.3, -0.25) is 9.59 Å². The molecule has 2 N–H and O–H groups in total. The summed E-state index contributed by atoms with van der Waals surface area (Å²) in [6, 6.07) is 2.63. The lowest BCUT2D eigenvalue weighted by atomic mass is 10.2. The lowest BCUT2D eigenvalue weighted by Gasteiger charge is -2.34. The summed E-state index contributed by atoms with van der Waals surface area (Å²) in [4.78, 5) is 39.2. The Kier molecular flexibility index (Phi) is 7.51. The molecule has 1 heterocycles. The van der Waals surface area contributed by atoms with Gasteiger partial charge in [0.1, 0.15) is 11.6 Å². The van der Waals surface area contributed by atoms with Crippen molar-refractivity contribution in [1.82, 2.24) is 20.4 Å². The molecule has 9 heteroatoms. The molecule has 0 bridgehead atoms. The summed E-state index contributed by atoms with van der Waals surface area (Å²) in [5, 5.41) is 5.25. The van der Waals surface area contributed by atoms with E-state index in [1.165, 1.54) is 0 Å². The maximum Gasteiger partial charge on any atom is 0.317 e. The van der Waals surface area contributed by atoms with E-state index < -0.39 is 17.5 Å². The van der Waals surface area contributed by atoms with Crippen LogP contribution in [0.15, 0.2) is 18.2 Å². The number of nitrogens with one attached hydrogen (secondary N) is 2. The third kappa shape index (κ3) is 5.90. The van der Waals surface area contributed by atoms with Crippen molar-refractivity contribution < 1.29 is 23.2 Å².